The monoisotopic (exact) mass is 231 g/mol. The maximum absolute atomic E-state index is 4.70. The van der Waals surface area contributed by atoms with Crippen LogP contribution in [0.25, 0.3) is 11.2 Å². The summed E-state index contributed by atoms with van der Waals surface area (Å²) in [6, 6.07) is 3.98. The Morgan fingerprint density at radius 3 is 2.59 bits per heavy atom. The highest BCUT2D eigenvalue weighted by Gasteiger charge is 2.19. The van der Waals surface area contributed by atoms with Crippen LogP contribution in [0.4, 0.5) is 0 Å². The van der Waals surface area contributed by atoms with E-state index in [0.717, 1.165) is 23.5 Å². The molecule has 0 saturated heterocycles. The molecule has 0 aliphatic rings. The number of hydrogen-bond donors (Lipinski definition) is 0. The van der Waals surface area contributed by atoms with Gasteiger partial charge in [0.2, 0.25) is 0 Å². The van der Waals surface area contributed by atoms with Crippen LogP contribution in [-0.4, -0.2) is 14.5 Å². The highest BCUT2D eigenvalue weighted by Crippen LogP contribution is 2.25. The van der Waals surface area contributed by atoms with Gasteiger partial charge in [-0.15, -0.1) is 0 Å². The average molecular weight is 231 g/mol. The fraction of sp³-hybridized carbons (Fsp3) is 0.571. The summed E-state index contributed by atoms with van der Waals surface area (Å²) >= 11 is 0. The van der Waals surface area contributed by atoms with E-state index in [-0.39, 0.29) is 5.41 Å². The lowest BCUT2D eigenvalue weighted by molar-refractivity contribution is 0.340. The molecule has 0 saturated carbocycles. The molecule has 0 fully saturated rings. The van der Waals surface area contributed by atoms with Crippen molar-refractivity contribution in [2.45, 2.75) is 47.1 Å². The number of nitrogens with zero attached hydrogens (tertiary/aromatic N) is 3. The van der Waals surface area contributed by atoms with Crippen molar-refractivity contribution in [1.29, 1.82) is 0 Å². The average Bonchev–Trinajstić information content (AvgIpc) is 2.55. The minimum atomic E-state index is 0.231. The van der Waals surface area contributed by atoms with Crippen LogP contribution in [-0.2, 0) is 6.54 Å². The summed E-state index contributed by atoms with van der Waals surface area (Å²) < 4.78 is 2.26. The van der Waals surface area contributed by atoms with Gasteiger partial charge in [0.05, 0.1) is 0 Å². The fourth-order valence-corrected chi connectivity index (χ4v) is 2.05. The quantitative estimate of drug-likeness (QED) is 0.790. The number of rotatable bonds is 2. The Morgan fingerprint density at radius 1 is 1.29 bits per heavy atom. The molecule has 0 N–H and O–H groups in total. The second kappa shape index (κ2) is 4.13. The molecule has 0 spiro atoms. The van der Waals surface area contributed by atoms with Crippen LogP contribution in [0.3, 0.4) is 0 Å². The molecule has 0 aliphatic heterocycles. The maximum Gasteiger partial charge on any atom is 0.160 e. The van der Waals surface area contributed by atoms with E-state index in [1.54, 1.807) is 0 Å². The van der Waals surface area contributed by atoms with Crippen molar-refractivity contribution in [3.63, 3.8) is 0 Å². The van der Waals surface area contributed by atoms with E-state index in [0.29, 0.717) is 5.92 Å². The molecule has 3 nitrogen and oxygen atoms in total. The zero-order valence-corrected chi connectivity index (χ0v) is 11.4. The van der Waals surface area contributed by atoms with Gasteiger partial charge < -0.3 is 4.57 Å². The minimum Gasteiger partial charge on any atom is -0.312 e. The largest absolute Gasteiger partial charge is 0.312 e. The van der Waals surface area contributed by atoms with Crippen molar-refractivity contribution >= 4 is 11.2 Å². The lowest BCUT2D eigenvalue weighted by Crippen LogP contribution is -2.18. The number of pyridine rings is 1. The zero-order chi connectivity index (χ0) is 12.6. The Bertz CT molecular complexity index is 518. The molecule has 0 amide bonds. The molecule has 2 aromatic rings. The summed E-state index contributed by atoms with van der Waals surface area (Å²) in [5, 5.41) is 0. The van der Waals surface area contributed by atoms with Gasteiger partial charge >= 0.3 is 0 Å². The van der Waals surface area contributed by atoms with Crippen molar-refractivity contribution < 1.29 is 0 Å². The summed E-state index contributed by atoms with van der Waals surface area (Å²) in [4.78, 5) is 9.17. The molecular formula is C14H21N3. The third-order valence-corrected chi connectivity index (χ3v) is 2.68. The second-order valence-electron chi connectivity index (χ2n) is 6.12. The van der Waals surface area contributed by atoms with E-state index in [9.17, 15) is 0 Å². The summed E-state index contributed by atoms with van der Waals surface area (Å²) in [5.74, 6) is 1.56. The van der Waals surface area contributed by atoms with Crippen molar-refractivity contribution in [2.75, 3.05) is 0 Å². The molecular weight excluding hydrogens is 210 g/mol. The molecule has 92 valence electrons. The number of aromatic nitrogens is 3. The lowest BCUT2D eigenvalue weighted by Gasteiger charge is -2.21. The van der Waals surface area contributed by atoms with E-state index in [1.165, 1.54) is 0 Å². The Kier molecular flexibility index (Phi) is 2.94. The van der Waals surface area contributed by atoms with Crippen molar-refractivity contribution in [3.05, 3.63) is 24.2 Å². The van der Waals surface area contributed by atoms with Gasteiger partial charge in [-0.1, -0.05) is 34.6 Å². The molecule has 17 heavy (non-hydrogen) atoms. The van der Waals surface area contributed by atoms with Gasteiger partial charge in [-0.25, -0.2) is 9.97 Å². The Morgan fingerprint density at radius 2 is 2.00 bits per heavy atom. The normalized spacial score (nSPS) is 12.6. The highest BCUT2D eigenvalue weighted by atomic mass is 15.1. The van der Waals surface area contributed by atoms with Gasteiger partial charge in [-0.2, -0.15) is 0 Å². The first-order valence-electron chi connectivity index (χ1n) is 6.19. The summed E-state index contributed by atoms with van der Waals surface area (Å²) in [6.45, 7) is 12.0. The van der Waals surface area contributed by atoms with Crippen LogP contribution < -0.4 is 0 Å². The van der Waals surface area contributed by atoms with Crippen molar-refractivity contribution in [2.24, 2.45) is 5.41 Å². The van der Waals surface area contributed by atoms with Gasteiger partial charge in [0.25, 0.3) is 0 Å². The first-order chi connectivity index (χ1) is 7.88. The summed E-state index contributed by atoms with van der Waals surface area (Å²) in [7, 11) is 0. The number of hydrogen-bond acceptors (Lipinski definition) is 2. The van der Waals surface area contributed by atoms with Gasteiger partial charge in [0.15, 0.2) is 5.65 Å². The Hall–Kier alpha value is -1.38. The van der Waals surface area contributed by atoms with Gasteiger partial charge in [0.1, 0.15) is 11.3 Å². The van der Waals surface area contributed by atoms with Gasteiger partial charge in [-0.05, 0) is 17.5 Å². The molecule has 0 unspecified atom stereocenters. The minimum absolute atomic E-state index is 0.231. The van der Waals surface area contributed by atoms with Crippen molar-refractivity contribution in [3.8, 4) is 0 Å². The van der Waals surface area contributed by atoms with Crippen LogP contribution in [0, 0.1) is 5.41 Å². The van der Waals surface area contributed by atoms with E-state index < -0.39 is 0 Å². The first-order valence-corrected chi connectivity index (χ1v) is 6.19. The topological polar surface area (TPSA) is 30.7 Å². The van der Waals surface area contributed by atoms with E-state index in [1.807, 2.05) is 18.3 Å². The maximum atomic E-state index is 4.70. The first kappa shape index (κ1) is 12.1. The Balaban J connectivity index is 2.60. The predicted molar refractivity (Wildman–Crippen MR) is 71.1 cm³/mol. The Labute approximate surface area is 103 Å². The standard InChI is InChI=1S/C14H21N3/c1-10(2)12-16-11-7-6-8-15-13(11)17(12)9-14(3,4)5/h6-8,10H,9H2,1-5H3. The van der Waals surface area contributed by atoms with Crippen LogP contribution in [0.15, 0.2) is 18.3 Å². The molecule has 0 atom stereocenters. The molecule has 2 heterocycles. The molecule has 3 heteroatoms. The van der Waals surface area contributed by atoms with E-state index in [4.69, 9.17) is 4.98 Å². The third kappa shape index (κ3) is 2.48. The summed E-state index contributed by atoms with van der Waals surface area (Å²) in [5.41, 5.74) is 2.24. The summed E-state index contributed by atoms with van der Waals surface area (Å²) in [6.07, 6.45) is 1.84. The fourth-order valence-electron chi connectivity index (χ4n) is 2.05. The molecule has 2 aromatic heterocycles. The predicted octanol–water partition coefficient (Wildman–Crippen LogP) is 3.60. The number of imidazole rings is 1. The zero-order valence-electron chi connectivity index (χ0n) is 11.4. The molecule has 0 radical (unpaired) electrons. The van der Waals surface area contributed by atoms with Gasteiger partial charge in [-0.3, -0.25) is 0 Å². The van der Waals surface area contributed by atoms with E-state index in [2.05, 4.69) is 44.2 Å². The molecule has 0 bridgehead atoms. The molecule has 0 aromatic carbocycles. The molecule has 2 rings (SSSR count). The van der Waals surface area contributed by atoms with Crippen molar-refractivity contribution in [1.82, 2.24) is 14.5 Å². The highest BCUT2D eigenvalue weighted by molar-refractivity contribution is 5.71. The van der Waals surface area contributed by atoms with Gasteiger partial charge in [0, 0.05) is 18.7 Å². The number of fused-ring (bicyclic) bond motifs is 1. The smallest absolute Gasteiger partial charge is 0.160 e. The van der Waals surface area contributed by atoms with Crippen LogP contribution in [0.1, 0.15) is 46.4 Å². The second-order valence-corrected chi connectivity index (χ2v) is 6.12. The van der Waals surface area contributed by atoms with Crippen LogP contribution >= 0.6 is 0 Å². The molecule has 0 aliphatic carbocycles. The van der Waals surface area contributed by atoms with E-state index >= 15 is 0 Å². The van der Waals surface area contributed by atoms with Crippen LogP contribution in [0.5, 0.6) is 0 Å². The third-order valence-electron chi connectivity index (χ3n) is 2.68. The lowest BCUT2D eigenvalue weighted by atomic mass is 9.96. The SMILES string of the molecule is CC(C)c1nc2cccnc2n1CC(C)(C)C. The van der Waals surface area contributed by atoms with Crippen LogP contribution in [0.2, 0.25) is 0 Å².